The van der Waals surface area contributed by atoms with Crippen molar-refractivity contribution in [2.24, 2.45) is 0 Å². The number of aromatic hydroxyl groups is 1. The number of hydrogen-bond donors (Lipinski definition) is 2. The van der Waals surface area contributed by atoms with Gasteiger partial charge in [0.1, 0.15) is 0 Å². The van der Waals surface area contributed by atoms with Gasteiger partial charge in [0.25, 0.3) is 0 Å². The number of benzene rings is 1. The largest absolute Gasteiger partial charge is 0.504 e. The summed E-state index contributed by atoms with van der Waals surface area (Å²) < 4.78 is 5.06. The Hall–Kier alpha value is -1.97. The van der Waals surface area contributed by atoms with E-state index in [1.165, 1.54) is 32.8 Å². The molecule has 0 atom stereocenters. The van der Waals surface area contributed by atoms with E-state index in [0.29, 0.717) is 18.7 Å². The second-order valence-corrected chi connectivity index (χ2v) is 5.97. The molecule has 0 unspecified atom stereocenters. The van der Waals surface area contributed by atoms with Crippen molar-refractivity contribution in [1.29, 1.82) is 0 Å². The Labute approximate surface area is 145 Å². The number of nitrogens with one attached hydrogen (secondary N) is 1. The quantitative estimate of drug-likeness (QED) is 0.430. The molecular weight excluding hydrogens is 302 g/mol. The number of phenolic OH excluding ortho intramolecular Hbond substituents is 1. The average molecular weight is 333 g/mol. The minimum Gasteiger partial charge on any atom is -0.504 e. The number of unbranched alkanes of at least 4 members (excludes halogenated alkanes) is 5. The predicted octanol–water partition coefficient (Wildman–Crippen LogP) is 4.71. The van der Waals surface area contributed by atoms with Crippen molar-refractivity contribution < 1.29 is 14.6 Å². The zero-order chi connectivity index (χ0) is 17.6. The fourth-order valence-electron chi connectivity index (χ4n) is 2.48. The molecule has 1 amide bonds. The topological polar surface area (TPSA) is 58.6 Å². The van der Waals surface area contributed by atoms with Crippen molar-refractivity contribution in [1.82, 2.24) is 5.32 Å². The van der Waals surface area contributed by atoms with E-state index in [4.69, 9.17) is 4.74 Å². The number of carbonyl (C=O) groups is 1. The highest BCUT2D eigenvalue weighted by atomic mass is 16.5. The summed E-state index contributed by atoms with van der Waals surface area (Å²) in [7, 11) is 1.51. The molecule has 1 aromatic rings. The van der Waals surface area contributed by atoms with Crippen LogP contribution in [0.1, 0.15) is 63.9 Å². The molecule has 4 heteroatoms. The number of phenols is 1. The minimum absolute atomic E-state index is 0.0768. The fraction of sp³-hybridized carbons (Fsp3) is 0.550. The molecule has 0 aliphatic rings. The molecule has 134 valence electrons. The summed E-state index contributed by atoms with van der Waals surface area (Å²) in [5.41, 5.74) is 0.915. The smallest absolute Gasteiger partial charge is 0.220 e. The number of methoxy groups -OCH3 is 1. The van der Waals surface area contributed by atoms with E-state index in [1.54, 1.807) is 18.2 Å². The normalized spacial score (nSPS) is 10.9. The molecule has 0 saturated heterocycles. The van der Waals surface area contributed by atoms with Crippen LogP contribution in [0, 0.1) is 0 Å². The van der Waals surface area contributed by atoms with E-state index in [9.17, 15) is 9.90 Å². The third-order valence-electron chi connectivity index (χ3n) is 3.91. The summed E-state index contributed by atoms with van der Waals surface area (Å²) in [6, 6.07) is 5.10. The lowest BCUT2D eigenvalue weighted by Gasteiger charge is -2.08. The van der Waals surface area contributed by atoms with Crippen LogP contribution in [0.4, 0.5) is 0 Å². The molecule has 1 aromatic carbocycles. The average Bonchev–Trinajstić information content (AvgIpc) is 2.59. The maximum absolute atomic E-state index is 11.8. The molecule has 0 aliphatic carbocycles. The van der Waals surface area contributed by atoms with Gasteiger partial charge in [-0.05, 0) is 43.4 Å². The molecule has 0 bridgehead atoms. The van der Waals surface area contributed by atoms with Gasteiger partial charge in [0, 0.05) is 13.0 Å². The Morgan fingerprint density at radius 1 is 1.17 bits per heavy atom. The molecule has 0 aromatic heterocycles. The Kier molecular flexibility index (Phi) is 10.4. The van der Waals surface area contributed by atoms with Crippen molar-refractivity contribution in [3.8, 4) is 11.5 Å². The fourth-order valence-corrected chi connectivity index (χ4v) is 2.48. The summed E-state index contributed by atoms with van der Waals surface area (Å²) >= 11 is 0. The monoisotopic (exact) mass is 333 g/mol. The number of allylic oxidation sites excluding steroid dienone is 2. The molecule has 0 spiro atoms. The number of rotatable bonds is 12. The molecule has 0 heterocycles. The Morgan fingerprint density at radius 2 is 1.92 bits per heavy atom. The van der Waals surface area contributed by atoms with Gasteiger partial charge in [-0.2, -0.15) is 0 Å². The zero-order valence-corrected chi connectivity index (χ0v) is 15.0. The van der Waals surface area contributed by atoms with Gasteiger partial charge in [-0.1, -0.05) is 44.4 Å². The van der Waals surface area contributed by atoms with Crippen LogP contribution in [0.3, 0.4) is 0 Å². The van der Waals surface area contributed by atoms with Crippen molar-refractivity contribution >= 4 is 5.91 Å². The van der Waals surface area contributed by atoms with Crippen LogP contribution in [-0.2, 0) is 11.3 Å². The van der Waals surface area contributed by atoms with E-state index >= 15 is 0 Å². The molecule has 0 radical (unpaired) electrons. The Balaban J connectivity index is 2.09. The first-order valence-corrected chi connectivity index (χ1v) is 8.95. The number of ether oxygens (including phenoxy) is 1. The van der Waals surface area contributed by atoms with Gasteiger partial charge in [0.15, 0.2) is 11.5 Å². The van der Waals surface area contributed by atoms with Crippen LogP contribution in [0.25, 0.3) is 0 Å². The molecule has 0 aliphatic heterocycles. The number of carbonyl (C=O) groups excluding carboxylic acids is 1. The highest BCUT2D eigenvalue weighted by molar-refractivity contribution is 5.75. The van der Waals surface area contributed by atoms with Crippen molar-refractivity contribution in [2.75, 3.05) is 7.11 Å². The molecular formula is C20H31NO3. The SMILES string of the molecule is CC/C=C\CCCCCCCC(=O)NCc1ccc(O)c(OC)c1. The van der Waals surface area contributed by atoms with E-state index in [2.05, 4.69) is 24.4 Å². The van der Waals surface area contributed by atoms with Crippen LogP contribution >= 0.6 is 0 Å². The standard InChI is InChI=1S/C20H31NO3/c1-3-4-5-6-7-8-9-10-11-12-20(23)21-16-17-13-14-18(22)19(15-17)24-2/h4-5,13-15,22H,3,6-12,16H2,1-2H3,(H,21,23)/b5-4-. The summed E-state index contributed by atoms with van der Waals surface area (Å²) in [4.78, 5) is 11.8. The minimum atomic E-state index is 0.0768. The second-order valence-electron chi connectivity index (χ2n) is 5.97. The molecule has 2 N–H and O–H groups in total. The highest BCUT2D eigenvalue weighted by Gasteiger charge is 2.05. The summed E-state index contributed by atoms with van der Waals surface area (Å²) in [5.74, 6) is 0.612. The van der Waals surface area contributed by atoms with Gasteiger partial charge in [0.2, 0.25) is 5.91 Å². The number of hydrogen-bond acceptors (Lipinski definition) is 3. The lowest BCUT2D eigenvalue weighted by atomic mass is 10.1. The van der Waals surface area contributed by atoms with Crippen LogP contribution in [0.5, 0.6) is 11.5 Å². The molecule has 0 saturated carbocycles. The predicted molar refractivity (Wildman–Crippen MR) is 98.3 cm³/mol. The highest BCUT2D eigenvalue weighted by Crippen LogP contribution is 2.26. The zero-order valence-electron chi connectivity index (χ0n) is 15.0. The molecule has 24 heavy (non-hydrogen) atoms. The van der Waals surface area contributed by atoms with E-state index in [-0.39, 0.29) is 11.7 Å². The van der Waals surface area contributed by atoms with Gasteiger partial charge in [0.05, 0.1) is 7.11 Å². The van der Waals surface area contributed by atoms with Gasteiger partial charge < -0.3 is 15.2 Å². The van der Waals surface area contributed by atoms with E-state index < -0.39 is 0 Å². The van der Waals surface area contributed by atoms with Crippen LogP contribution < -0.4 is 10.1 Å². The van der Waals surface area contributed by atoms with E-state index in [1.807, 2.05) is 0 Å². The molecule has 1 rings (SSSR count). The van der Waals surface area contributed by atoms with Gasteiger partial charge >= 0.3 is 0 Å². The molecule has 4 nitrogen and oxygen atoms in total. The van der Waals surface area contributed by atoms with Crippen molar-refractivity contribution in [3.63, 3.8) is 0 Å². The Morgan fingerprint density at radius 3 is 2.67 bits per heavy atom. The van der Waals surface area contributed by atoms with Gasteiger partial charge in [-0.3, -0.25) is 4.79 Å². The summed E-state index contributed by atoms with van der Waals surface area (Å²) in [6.07, 6.45) is 13.1. The Bertz CT molecular complexity index is 512. The van der Waals surface area contributed by atoms with Gasteiger partial charge in [-0.15, -0.1) is 0 Å². The van der Waals surface area contributed by atoms with Crippen LogP contribution in [-0.4, -0.2) is 18.1 Å². The number of amides is 1. The lowest BCUT2D eigenvalue weighted by Crippen LogP contribution is -2.22. The third-order valence-corrected chi connectivity index (χ3v) is 3.91. The van der Waals surface area contributed by atoms with Crippen LogP contribution in [0.2, 0.25) is 0 Å². The maximum atomic E-state index is 11.8. The van der Waals surface area contributed by atoms with Gasteiger partial charge in [-0.25, -0.2) is 0 Å². The van der Waals surface area contributed by atoms with Crippen molar-refractivity contribution in [2.45, 2.75) is 64.8 Å². The first kappa shape index (κ1) is 20.1. The summed E-state index contributed by atoms with van der Waals surface area (Å²) in [6.45, 7) is 2.61. The van der Waals surface area contributed by atoms with Crippen molar-refractivity contribution in [3.05, 3.63) is 35.9 Å². The first-order chi connectivity index (χ1) is 11.7. The third kappa shape index (κ3) is 8.61. The lowest BCUT2D eigenvalue weighted by molar-refractivity contribution is -0.121. The summed E-state index contributed by atoms with van der Waals surface area (Å²) in [5, 5.41) is 12.5. The second kappa shape index (κ2) is 12.5. The van der Waals surface area contributed by atoms with Crippen LogP contribution in [0.15, 0.2) is 30.4 Å². The maximum Gasteiger partial charge on any atom is 0.220 e. The van der Waals surface area contributed by atoms with E-state index in [0.717, 1.165) is 24.8 Å². The molecule has 0 fully saturated rings. The first-order valence-electron chi connectivity index (χ1n) is 8.95.